The van der Waals surface area contributed by atoms with Gasteiger partial charge < -0.3 is 10.6 Å². The summed E-state index contributed by atoms with van der Waals surface area (Å²) in [6, 6.07) is 16.0. The highest BCUT2D eigenvalue weighted by molar-refractivity contribution is 6.01. The zero-order valence-electron chi connectivity index (χ0n) is 16.1. The summed E-state index contributed by atoms with van der Waals surface area (Å²) in [5.41, 5.74) is 4.01. The minimum atomic E-state index is -0.427. The van der Waals surface area contributed by atoms with Crippen LogP contribution in [0.2, 0.25) is 0 Å². The third-order valence-electron chi connectivity index (χ3n) is 5.66. The lowest BCUT2D eigenvalue weighted by Gasteiger charge is -2.26. The lowest BCUT2D eigenvalue weighted by atomic mass is 9.90. The molecule has 0 aromatic heterocycles. The van der Waals surface area contributed by atoms with Crippen LogP contribution >= 0.6 is 0 Å². The first-order valence-corrected chi connectivity index (χ1v) is 10.2. The van der Waals surface area contributed by atoms with E-state index in [9.17, 15) is 9.59 Å². The normalized spacial score (nSPS) is 19.6. The molecule has 2 aromatic rings. The fourth-order valence-electron chi connectivity index (χ4n) is 4.10. The number of anilines is 1. The molecule has 0 saturated carbocycles. The predicted molar refractivity (Wildman–Crippen MR) is 110 cm³/mol. The van der Waals surface area contributed by atoms with Crippen molar-refractivity contribution in [2.75, 3.05) is 18.4 Å². The van der Waals surface area contributed by atoms with Crippen molar-refractivity contribution in [2.24, 2.45) is 0 Å². The van der Waals surface area contributed by atoms with Crippen molar-refractivity contribution < 1.29 is 9.59 Å². The minimum Gasteiger partial charge on any atom is -0.351 e. The van der Waals surface area contributed by atoms with Crippen LogP contribution in [0.25, 0.3) is 0 Å². The number of hydrogen-bond donors (Lipinski definition) is 2. The number of carbonyl (C=O) groups is 2. The third kappa shape index (κ3) is 4.42. The maximum absolute atomic E-state index is 12.7. The largest absolute Gasteiger partial charge is 0.351 e. The standard InChI is InChI=1S/C23H27N3O2/c27-22-14-20(19-6-2-3-7-21(19)25-22)23(28)24-15-17-8-10-18(11-9-17)16-26-12-4-1-5-13-26/h2-3,6-11,20H,1,4-5,12-16H2,(H,24,28)(H,25,27). The molecule has 0 aliphatic carbocycles. The molecule has 0 radical (unpaired) electrons. The summed E-state index contributed by atoms with van der Waals surface area (Å²) in [6.45, 7) is 3.85. The summed E-state index contributed by atoms with van der Waals surface area (Å²) >= 11 is 0. The molecular weight excluding hydrogens is 350 g/mol. The summed E-state index contributed by atoms with van der Waals surface area (Å²) in [7, 11) is 0. The Bertz CT molecular complexity index is 841. The van der Waals surface area contributed by atoms with E-state index in [4.69, 9.17) is 0 Å². The third-order valence-corrected chi connectivity index (χ3v) is 5.66. The lowest BCUT2D eigenvalue weighted by Crippen LogP contribution is -2.34. The second kappa shape index (κ2) is 8.57. The highest BCUT2D eigenvalue weighted by Crippen LogP contribution is 2.32. The quantitative estimate of drug-likeness (QED) is 0.839. The van der Waals surface area contributed by atoms with Crippen LogP contribution in [0, 0.1) is 0 Å². The molecule has 28 heavy (non-hydrogen) atoms. The van der Waals surface area contributed by atoms with Crippen LogP contribution in [-0.2, 0) is 22.7 Å². The Morgan fingerprint density at radius 1 is 1.00 bits per heavy atom. The smallest absolute Gasteiger partial charge is 0.228 e. The number of amides is 2. The summed E-state index contributed by atoms with van der Waals surface area (Å²) in [4.78, 5) is 27.1. The Morgan fingerprint density at radius 3 is 2.50 bits per heavy atom. The molecule has 5 heteroatoms. The number of para-hydroxylation sites is 1. The van der Waals surface area contributed by atoms with Crippen molar-refractivity contribution in [3.63, 3.8) is 0 Å². The van der Waals surface area contributed by atoms with Crippen molar-refractivity contribution in [3.05, 3.63) is 65.2 Å². The van der Waals surface area contributed by atoms with Crippen LogP contribution in [0.15, 0.2) is 48.5 Å². The van der Waals surface area contributed by atoms with Crippen molar-refractivity contribution in [1.29, 1.82) is 0 Å². The first-order chi connectivity index (χ1) is 13.7. The van der Waals surface area contributed by atoms with Gasteiger partial charge in [0.1, 0.15) is 0 Å². The number of rotatable bonds is 5. The molecule has 2 amide bonds. The van der Waals surface area contributed by atoms with Gasteiger partial charge in [0.2, 0.25) is 11.8 Å². The molecule has 146 valence electrons. The fourth-order valence-corrected chi connectivity index (χ4v) is 4.10. The van der Waals surface area contributed by atoms with Crippen molar-refractivity contribution in [1.82, 2.24) is 10.2 Å². The topological polar surface area (TPSA) is 61.4 Å². The zero-order valence-corrected chi connectivity index (χ0v) is 16.1. The number of carbonyl (C=O) groups excluding carboxylic acids is 2. The Hall–Kier alpha value is -2.66. The molecule has 2 N–H and O–H groups in total. The fraction of sp³-hybridized carbons (Fsp3) is 0.391. The van der Waals surface area contributed by atoms with E-state index in [0.29, 0.717) is 6.54 Å². The average molecular weight is 377 g/mol. The first-order valence-electron chi connectivity index (χ1n) is 10.2. The summed E-state index contributed by atoms with van der Waals surface area (Å²) in [5, 5.41) is 5.84. The highest BCUT2D eigenvalue weighted by atomic mass is 16.2. The van der Waals surface area contributed by atoms with Crippen LogP contribution in [-0.4, -0.2) is 29.8 Å². The Labute approximate surface area is 166 Å². The molecule has 1 saturated heterocycles. The van der Waals surface area contributed by atoms with Gasteiger partial charge in [0.15, 0.2) is 0 Å². The van der Waals surface area contributed by atoms with Gasteiger partial charge in [-0.3, -0.25) is 14.5 Å². The van der Waals surface area contributed by atoms with Gasteiger partial charge in [0, 0.05) is 25.2 Å². The van der Waals surface area contributed by atoms with Crippen LogP contribution in [0.1, 0.15) is 48.3 Å². The van der Waals surface area contributed by atoms with Crippen LogP contribution in [0.3, 0.4) is 0 Å². The summed E-state index contributed by atoms with van der Waals surface area (Å²) < 4.78 is 0. The van der Waals surface area contributed by atoms with Crippen molar-refractivity contribution in [2.45, 2.75) is 44.7 Å². The van der Waals surface area contributed by atoms with Crippen molar-refractivity contribution in [3.8, 4) is 0 Å². The van der Waals surface area contributed by atoms with E-state index in [1.807, 2.05) is 24.3 Å². The van der Waals surface area contributed by atoms with Gasteiger partial charge in [-0.15, -0.1) is 0 Å². The predicted octanol–water partition coefficient (Wildman–Crippen LogP) is 3.41. The van der Waals surface area contributed by atoms with Gasteiger partial charge in [0.25, 0.3) is 0 Å². The van der Waals surface area contributed by atoms with E-state index in [-0.39, 0.29) is 18.2 Å². The maximum atomic E-state index is 12.7. The van der Waals surface area contributed by atoms with Crippen molar-refractivity contribution >= 4 is 17.5 Å². The minimum absolute atomic E-state index is 0.0975. The Balaban J connectivity index is 1.34. The summed E-state index contributed by atoms with van der Waals surface area (Å²) in [6.07, 6.45) is 4.14. The molecule has 2 aliphatic heterocycles. The number of piperidine rings is 1. The Kier molecular flexibility index (Phi) is 5.72. The number of hydrogen-bond acceptors (Lipinski definition) is 3. The van der Waals surface area contributed by atoms with E-state index in [1.165, 1.54) is 37.9 Å². The molecule has 2 aliphatic rings. The molecular formula is C23H27N3O2. The lowest BCUT2D eigenvalue weighted by molar-refractivity contribution is -0.126. The van der Waals surface area contributed by atoms with Crippen LogP contribution < -0.4 is 10.6 Å². The molecule has 1 fully saturated rings. The molecule has 2 heterocycles. The van der Waals surface area contributed by atoms with Gasteiger partial charge in [-0.25, -0.2) is 0 Å². The van der Waals surface area contributed by atoms with Gasteiger partial charge in [-0.1, -0.05) is 48.9 Å². The molecule has 1 unspecified atom stereocenters. The molecule has 5 nitrogen and oxygen atoms in total. The number of likely N-dealkylation sites (tertiary alicyclic amines) is 1. The second-order valence-electron chi connectivity index (χ2n) is 7.76. The molecule has 2 aromatic carbocycles. The van der Waals surface area contributed by atoms with Gasteiger partial charge >= 0.3 is 0 Å². The molecule has 4 rings (SSSR count). The number of nitrogens with zero attached hydrogens (tertiary/aromatic N) is 1. The molecule has 1 atom stereocenters. The second-order valence-corrected chi connectivity index (χ2v) is 7.76. The van der Waals surface area contributed by atoms with E-state index in [1.54, 1.807) is 0 Å². The number of nitrogens with one attached hydrogen (secondary N) is 2. The van der Waals surface area contributed by atoms with E-state index >= 15 is 0 Å². The molecule has 0 bridgehead atoms. The SMILES string of the molecule is O=C1CC(C(=O)NCc2ccc(CN3CCCCC3)cc2)c2ccccc2N1. The van der Waals surface area contributed by atoms with E-state index in [0.717, 1.165) is 23.4 Å². The first kappa shape index (κ1) is 18.7. The zero-order chi connectivity index (χ0) is 19.3. The van der Waals surface area contributed by atoms with E-state index in [2.05, 4.69) is 39.8 Å². The maximum Gasteiger partial charge on any atom is 0.228 e. The van der Waals surface area contributed by atoms with E-state index < -0.39 is 5.92 Å². The highest BCUT2D eigenvalue weighted by Gasteiger charge is 2.30. The van der Waals surface area contributed by atoms with Gasteiger partial charge in [0.05, 0.1) is 5.92 Å². The Morgan fingerprint density at radius 2 is 1.71 bits per heavy atom. The van der Waals surface area contributed by atoms with Gasteiger partial charge in [-0.05, 0) is 48.7 Å². The summed E-state index contributed by atoms with van der Waals surface area (Å²) in [5.74, 6) is -0.635. The average Bonchev–Trinajstić information content (AvgIpc) is 2.73. The molecule has 0 spiro atoms. The number of fused-ring (bicyclic) bond motifs is 1. The van der Waals surface area contributed by atoms with Crippen LogP contribution in [0.5, 0.6) is 0 Å². The number of benzene rings is 2. The monoisotopic (exact) mass is 377 g/mol. The van der Waals surface area contributed by atoms with Gasteiger partial charge in [-0.2, -0.15) is 0 Å². The van der Waals surface area contributed by atoms with Crippen LogP contribution in [0.4, 0.5) is 5.69 Å².